The van der Waals surface area contributed by atoms with Gasteiger partial charge >= 0.3 is 0 Å². The van der Waals surface area contributed by atoms with E-state index in [-0.39, 0.29) is 0 Å². The van der Waals surface area contributed by atoms with Gasteiger partial charge in [0.05, 0.1) is 0 Å². The zero-order valence-electron chi connectivity index (χ0n) is 12.5. The highest BCUT2D eigenvalue weighted by molar-refractivity contribution is 7.85. The van der Waals surface area contributed by atoms with E-state index in [1.807, 2.05) is 0 Å². The third kappa shape index (κ3) is 3.69. The van der Waals surface area contributed by atoms with Crippen LogP contribution < -0.4 is 10.6 Å². The number of hydrogen-bond donors (Lipinski definition) is 2. The molecule has 0 atom stereocenters. The molecule has 2 heterocycles. The van der Waals surface area contributed by atoms with Gasteiger partial charge in [-0.2, -0.15) is 0 Å². The minimum atomic E-state index is -0.626. The Labute approximate surface area is 123 Å². The highest BCUT2D eigenvalue weighted by Crippen LogP contribution is 2.29. The molecule has 0 saturated carbocycles. The Hall–Kier alpha value is -1.17. The molecule has 0 amide bonds. The van der Waals surface area contributed by atoms with Crippen LogP contribution in [0, 0.1) is 0 Å². The number of aromatic nitrogens is 2. The molecule has 0 spiro atoms. The molecule has 1 aliphatic rings. The van der Waals surface area contributed by atoms with Crippen molar-refractivity contribution in [2.24, 2.45) is 0 Å². The van der Waals surface area contributed by atoms with E-state index in [0.29, 0.717) is 12.0 Å². The van der Waals surface area contributed by atoms with Crippen molar-refractivity contribution >= 4 is 22.4 Å². The Morgan fingerprint density at radius 1 is 1.30 bits per heavy atom. The van der Waals surface area contributed by atoms with Crippen molar-refractivity contribution in [1.82, 2.24) is 9.97 Å². The second-order valence-electron chi connectivity index (χ2n) is 5.44. The van der Waals surface area contributed by atoms with Gasteiger partial charge in [0.1, 0.15) is 18.0 Å². The fourth-order valence-corrected chi connectivity index (χ4v) is 3.80. The van der Waals surface area contributed by atoms with E-state index < -0.39 is 10.8 Å². The quantitative estimate of drug-likeness (QED) is 0.873. The van der Waals surface area contributed by atoms with Crippen LogP contribution in [0.5, 0.6) is 0 Å². The highest BCUT2D eigenvalue weighted by atomic mass is 32.2. The summed E-state index contributed by atoms with van der Waals surface area (Å²) < 4.78 is 11.4. The maximum absolute atomic E-state index is 11.4. The molecule has 0 bridgehead atoms. The molecule has 0 radical (unpaired) electrons. The first-order valence-electron chi connectivity index (χ1n) is 7.32. The molecule has 5 nitrogen and oxygen atoms in total. The fourth-order valence-electron chi connectivity index (χ4n) is 2.50. The van der Waals surface area contributed by atoms with Gasteiger partial charge in [-0.25, -0.2) is 9.97 Å². The van der Waals surface area contributed by atoms with Crippen molar-refractivity contribution in [3.8, 4) is 0 Å². The Balaban J connectivity index is 2.17. The molecule has 1 aliphatic heterocycles. The number of anilines is 2. The zero-order valence-corrected chi connectivity index (χ0v) is 13.3. The van der Waals surface area contributed by atoms with Crippen LogP contribution in [0.25, 0.3) is 0 Å². The van der Waals surface area contributed by atoms with Gasteiger partial charge in [0, 0.05) is 40.5 Å². The van der Waals surface area contributed by atoms with Gasteiger partial charge in [-0.3, -0.25) is 4.21 Å². The summed E-state index contributed by atoms with van der Waals surface area (Å²) >= 11 is 0. The molecule has 6 heteroatoms. The smallest absolute Gasteiger partial charge is 0.135 e. The summed E-state index contributed by atoms with van der Waals surface area (Å²) in [5.74, 6) is 3.77. The SMILES string of the molecule is CCNc1ncnc(NC2CCS(=O)CC2)c1C(C)C. The van der Waals surface area contributed by atoms with Crippen molar-refractivity contribution in [2.45, 2.75) is 45.6 Å². The predicted octanol–water partition coefficient (Wildman–Crippen LogP) is 2.35. The third-order valence-corrected chi connectivity index (χ3v) is 4.92. The van der Waals surface area contributed by atoms with Crippen molar-refractivity contribution in [3.63, 3.8) is 0 Å². The van der Waals surface area contributed by atoms with E-state index in [2.05, 4.69) is 41.4 Å². The fraction of sp³-hybridized carbons (Fsp3) is 0.714. The van der Waals surface area contributed by atoms with Gasteiger partial charge in [-0.05, 0) is 25.7 Å². The monoisotopic (exact) mass is 296 g/mol. The van der Waals surface area contributed by atoms with Crippen molar-refractivity contribution < 1.29 is 4.21 Å². The molecule has 1 saturated heterocycles. The molecule has 20 heavy (non-hydrogen) atoms. The Morgan fingerprint density at radius 3 is 2.55 bits per heavy atom. The van der Waals surface area contributed by atoms with E-state index >= 15 is 0 Å². The molecule has 1 aromatic heterocycles. The summed E-state index contributed by atoms with van der Waals surface area (Å²) in [6.45, 7) is 7.22. The first-order valence-corrected chi connectivity index (χ1v) is 8.80. The maximum Gasteiger partial charge on any atom is 0.135 e. The first-order chi connectivity index (χ1) is 9.61. The lowest BCUT2D eigenvalue weighted by molar-refractivity contribution is 0.621. The molecule has 0 aromatic carbocycles. The van der Waals surface area contributed by atoms with Gasteiger partial charge in [0.15, 0.2) is 0 Å². The molecular formula is C14H24N4OS. The Kier molecular flexibility index (Phi) is 5.34. The summed E-state index contributed by atoms with van der Waals surface area (Å²) in [4.78, 5) is 8.76. The number of nitrogens with zero attached hydrogens (tertiary/aromatic N) is 2. The lowest BCUT2D eigenvalue weighted by Gasteiger charge is -2.25. The molecule has 2 N–H and O–H groups in total. The van der Waals surface area contributed by atoms with E-state index in [0.717, 1.165) is 48.1 Å². The van der Waals surface area contributed by atoms with Gasteiger partial charge in [0.2, 0.25) is 0 Å². The largest absolute Gasteiger partial charge is 0.370 e. The molecule has 112 valence electrons. The average Bonchev–Trinajstić information content (AvgIpc) is 2.41. The number of rotatable bonds is 5. The maximum atomic E-state index is 11.4. The van der Waals surface area contributed by atoms with Crippen LogP contribution in [0.1, 0.15) is 45.1 Å². The normalized spacial score (nSPS) is 22.8. The highest BCUT2D eigenvalue weighted by Gasteiger charge is 2.21. The van der Waals surface area contributed by atoms with Crippen LogP contribution >= 0.6 is 0 Å². The molecular weight excluding hydrogens is 272 g/mol. The summed E-state index contributed by atoms with van der Waals surface area (Å²) in [5, 5.41) is 6.83. The molecule has 0 aliphatic carbocycles. The third-order valence-electron chi connectivity index (χ3n) is 3.53. The van der Waals surface area contributed by atoms with Gasteiger partial charge in [-0.1, -0.05) is 13.8 Å². The Bertz CT molecular complexity index is 468. The molecule has 0 unspecified atom stereocenters. The van der Waals surface area contributed by atoms with Crippen LogP contribution in [-0.4, -0.2) is 38.3 Å². The van der Waals surface area contributed by atoms with Crippen molar-refractivity contribution in [2.75, 3.05) is 28.7 Å². The van der Waals surface area contributed by atoms with Gasteiger partial charge in [0.25, 0.3) is 0 Å². The van der Waals surface area contributed by atoms with E-state index in [1.54, 1.807) is 6.33 Å². The summed E-state index contributed by atoms with van der Waals surface area (Å²) in [5.41, 5.74) is 1.14. The minimum Gasteiger partial charge on any atom is -0.370 e. The first kappa shape index (κ1) is 15.2. The van der Waals surface area contributed by atoms with Crippen molar-refractivity contribution in [3.05, 3.63) is 11.9 Å². The predicted molar refractivity (Wildman–Crippen MR) is 84.8 cm³/mol. The second-order valence-corrected chi connectivity index (χ2v) is 7.13. The summed E-state index contributed by atoms with van der Waals surface area (Å²) in [7, 11) is -0.626. The van der Waals surface area contributed by atoms with Crippen LogP contribution in [0.3, 0.4) is 0 Å². The lowest BCUT2D eigenvalue weighted by Crippen LogP contribution is -2.30. The van der Waals surface area contributed by atoms with E-state index in [9.17, 15) is 4.21 Å². The number of hydrogen-bond acceptors (Lipinski definition) is 5. The van der Waals surface area contributed by atoms with E-state index in [1.165, 1.54) is 0 Å². The van der Waals surface area contributed by atoms with Crippen LogP contribution in [0.2, 0.25) is 0 Å². The number of nitrogens with one attached hydrogen (secondary N) is 2. The molecule has 2 rings (SSSR count). The topological polar surface area (TPSA) is 66.9 Å². The standard InChI is InChI=1S/C14H24N4OS/c1-4-15-13-12(10(2)3)14(17-9-16-13)18-11-5-7-20(19)8-6-11/h9-11H,4-8H2,1-3H3,(H2,15,16,17,18). The lowest BCUT2D eigenvalue weighted by atomic mass is 10.0. The van der Waals surface area contributed by atoms with Crippen LogP contribution in [0.15, 0.2) is 6.33 Å². The van der Waals surface area contributed by atoms with Crippen molar-refractivity contribution in [1.29, 1.82) is 0 Å². The van der Waals surface area contributed by atoms with E-state index in [4.69, 9.17) is 0 Å². The minimum absolute atomic E-state index is 0.352. The zero-order chi connectivity index (χ0) is 14.5. The molecule has 1 aromatic rings. The van der Waals surface area contributed by atoms with Crippen LogP contribution in [-0.2, 0) is 10.8 Å². The average molecular weight is 296 g/mol. The Morgan fingerprint density at radius 2 is 1.95 bits per heavy atom. The van der Waals surface area contributed by atoms with Gasteiger partial charge in [-0.15, -0.1) is 0 Å². The van der Waals surface area contributed by atoms with Gasteiger partial charge < -0.3 is 10.6 Å². The summed E-state index contributed by atoms with van der Waals surface area (Å²) in [6.07, 6.45) is 3.50. The molecule has 1 fully saturated rings. The second kappa shape index (κ2) is 7.02. The van der Waals surface area contributed by atoms with Crippen LogP contribution in [0.4, 0.5) is 11.6 Å². The summed E-state index contributed by atoms with van der Waals surface area (Å²) in [6, 6.07) is 0.370.